The number of hydrogen-bond acceptors (Lipinski definition) is 32. The number of thioether (sulfide) groups is 1. The predicted octanol–water partition coefficient (Wildman–Crippen LogP) is 2.26. The minimum atomic E-state index is -4.82. The molecule has 2 aliphatic heterocycles. The van der Waals surface area contributed by atoms with Crippen molar-refractivity contribution in [2.45, 2.75) is 182 Å². The number of H-pyrrole nitrogens is 1. The van der Waals surface area contributed by atoms with Gasteiger partial charge in [-0.05, 0) is 142 Å². The molecule has 1 saturated heterocycles. The quantitative estimate of drug-likeness (QED) is 0.00495. The van der Waals surface area contributed by atoms with Gasteiger partial charge in [0.25, 0.3) is 54.8 Å². The van der Waals surface area contributed by atoms with Crippen LogP contribution in [0.15, 0.2) is 105 Å². The van der Waals surface area contributed by atoms with E-state index in [1.54, 1.807) is 30.1 Å². The Balaban J connectivity index is 0.873. The molecule has 0 bridgehead atoms. The molecule has 1 fully saturated rings. The molecule has 736 valence electrons. The first-order valence-corrected chi connectivity index (χ1v) is 48.3. The van der Waals surface area contributed by atoms with E-state index in [1.165, 1.54) is 48.7 Å². The van der Waals surface area contributed by atoms with Crippen LogP contribution >= 0.6 is 11.8 Å². The Labute approximate surface area is 783 Å². The highest BCUT2D eigenvalue weighted by Crippen LogP contribution is 2.52. The Kier molecular flexibility index (Phi) is 38.5. The van der Waals surface area contributed by atoms with Gasteiger partial charge < -0.3 is 83.3 Å². The molecule has 8 atom stereocenters. The van der Waals surface area contributed by atoms with Gasteiger partial charge in [0.15, 0.2) is 22.9 Å². The molecule has 6 aromatic rings. The summed E-state index contributed by atoms with van der Waals surface area (Å²) in [7, 11) is -13.5. The number of ketones is 2. The SMILES string of the molecule is CCN(CCCS(=O)(=O)O)c1ccc2c(C(C)(C)C)cc(/C=C/C=C3\N(CCCS(=O)(=O)O)c4ccc(S(=O)(=O)O)cc4C3(C)CCCC(=O)CCCN3C(=O)CC(SCC(NC(=O)C(CC(=O)O)NC(=O)C(COC=O)NC(=O)C(CCCNC(=N)N)CC(=O)C(COC=O)NC(=O)CCC(NC(=O)c4ccc(NCc5cnc6nc(N)[nH]c(=O)c6n5)cc4)C(=O)O)C(=O)O)C3=O)[o+]c2c1. The number of hydrogen-bond donors (Lipinski definition) is 17. The molecular formula is C85H108N17O30S4+. The Morgan fingerprint density at radius 1 is 0.743 bits per heavy atom. The summed E-state index contributed by atoms with van der Waals surface area (Å²) in [4.78, 5) is 216. The van der Waals surface area contributed by atoms with Crippen molar-refractivity contribution in [1.82, 2.24) is 56.7 Å². The summed E-state index contributed by atoms with van der Waals surface area (Å²) in [5.41, 5.74) is 12.8. The average molecular weight is 1980 g/mol. The first kappa shape index (κ1) is 108. The zero-order valence-corrected chi connectivity index (χ0v) is 77.8. The molecule has 2 aliphatic rings. The number of rotatable bonds is 56. The molecule has 51 heteroatoms. The van der Waals surface area contributed by atoms with Crippen LogP contribution in [0.4, 0.5) is 23.0 Å². The molecular weight excluding hydrogens is 1870 g/mol. The third kappa shape index (κ3) is 31.8. The summed E-state index contributed by atoms with van der Waals surface area (Å²) in [6.07, 6.45) is 2.09. The number of fused-ring (bicyclic) bond motifs is 3. The first-order chi connectivity index (χ1) is 64.0. The summed E-state index contributed by atoms with van der Waals surface area (Å²) >= 11 is 0.614. The van der Waals surface area contributed by atoms with Gasteiger partial charge in [0.05, 0.1) is 58.0 Å². The number of aliphatic carboxylic acids is 3. The minimum absolute atomic E-state index is 0.0134. The number of nitrogens with two attached hydrogens (primary N) is 2. The van der Waals surface area contributed by atoms with E-state index in [0.717, 1.165) is 15.8 Å². The Morgan fingerprint density at radius 2 is 1.39 bits per heavy atom. The summed E-state index contributed by atoms with van der Waals surface area (Å²) in [6, 6.07) is 7.34. The molecule has 7 amide bonds. The highest BCUT2D eigenvalue weighted by Gasteiger charge is 2.45. The van der Waals surface area contributed by atoms with Crippen LogP contribution in [0.3, 0.4) is 0 Å². The molecule has 0 aliphatic carbocycles. The number of nitrogen functional groups attached to an aromatic ring is 1. The number of guanidine groups is 1. The summed E-state index contributed by atoms with van der Waals surface area (Å²) < 4.78 is 118. The highest BCUT2D eigenvalue weighted by atomic mass is 32.2. The lowest BCUT2D eigenvalue weighted by atomic mass is 9.77. The van der Waals surface area contributed by atoms with Gasteiger partial charge in [-0.25, -0.2) is 24.0 Å². The van der Waals surface area contributed by atoms with Gasteiger partial charge in [0, 0.05) is 122 Å². The maximum absolute atomic E-state index is 14.3. The second kappa shape index (κ2) is 48.6. The number of allylic oxidation sites excluding steroid dienone is 3. The first-order valence-electron chi connectivity index (χ1n) is 42.6. The third-order valence-electron chi connectivity index (χ3n) is 22.0. The largest absolute Gasteiger partial charge is 0.481 e. The van der Waals surface area contributed by atoms with E-state index in [2.05, 4.69) is 57.2 Å². The maximum atomic E-state index is 14.3. The number of carbonyl (C=O) groups is 14. The molecule has 0 saturated carbocycles. The molecule has 136 heavy (non-hydrogen) atoms. The third-order valence-corrected chi connectivity index (χ3v) is 25.7. The molecule has 5 heterocycles. The standard InChI is InChI=1S/C85H107N17O30S4/c1-6-100(30-11-33-134(121,122)123)52-22-24-56-57(84(2,3)4)37-54(132-66(56)36-52)16-7-17-68-85(5,58-38-55(136(127,128)129)23-26-64(58)101(68)32-12-34-135(124,125)126)28-8-14-53(105)15-10-31-102-70(108)40-67(79(102)116)133-45-63(81(119)120)97-76(113)60(39-71(109)110)95-77(114)62(44-131-47-104)96-75(112)49(13-9-29-89-82(86)87)35-65(106)61(43-130-46-103)93-69(107)27-25-59(80(117)118)94-74(111)48-18-20-50(21-19-48)90-41-51-42-91-73-72(92-51)78(115)99-83(88)98-73/h7,16-24,26,36-38,42,46-47,49,59-63,67H,6,8-15,25,27-35,39-41,43-45H2,1-5H3,(H18-,86,87,88,89,90,91,93,94,95,96,97,98,99,107,109,110,111,112,113,114,115,117,118,119,120,121,122,123,124,125,126,127,128,129)/p+1/b16-7+,68-17-. The van der Waals surface area contributed by atoms with E-state index in [0.29, 0.717) is 70.2 Å². The van der Waals surface area contributed by atoms with Gasteiger partial charge in [-0.2, -0.15) is 30.2 Å². The fraction of sp³-hybridized carbons (Fsp3) is 0.459. The van der Waals surface area contributed by atoms with Crippen molar-refractivity contribution in [3.63, 3.8) is 0 Å². The van der Waals surface area contributed by atoms with E-state index in [1.807, 2.05) is 56.9 Å². The van der Waals surface area contributed by atoms with Gasteiger partial charge in [-0.1, -0.05) is 26.8 Å². The van der Waals surface area contributed by atoms with Crippen LogP contribution < -0.4 is 64.0 Å². The molecule has 0 radical (unpaired) electrons. The van der Waals surface area contributed by atoms with Crippen molar-refractivity contribution in [3.05, 3.63) is 129 Å². The Morgan fingerprint density at radius 3 is 2.03 bits per heavy atom. The van der Waals surface area contributed by atoms with Crippen LogP contribution in [0.2, 0.25) is 0 Å². The molecule has 47 nitrogen and oxygen atoms in total. The van der Waals surface area contributed by atoms with Gasteiger partial charge in [-0.15, -0.1) is 11.8 Å². The van der Waals surface area contributed by atoms with Crippen LogP contribution in [0.5, 0.6) is 0 Å². The van der Waals surface area contributed by atoms with E-state index >= 15 is 0 Å². The van der Waals surface area contributed by atoms with Crippen LogP contribution in [-0.2, 0) is 120 Å². The number of imide groups is 1. The zero-order chi connectivity index (χ0) is 100. The number of carboxylic acid groups (broad SMARTS) is 3. The number of aromatic nitrogens is 4. The number of anilines is 4. The van der Waals surface area contributed by atoms with Crippen LogP contribution in [0.1, 0.15) is 157 Å². The summed E-state index contributed by atoms with van der Waals surface area (Å²) in [5, 5.41) is 53.9. The fourth-order valence-electron chi connectivity index (χ4n) is 15.1. The highest BCUT2D eigenvalue weighted by molar-refractivity contribution is 8.00. The second-order valence-corrected chi connectivity index (χ2v) is 38.9. The minimum Gasteiger partial charge on any atom is -0.481 e. The van der Waals surface area contributed by atoms with Crippen molar-refractivity contribution in [2.75, 3.05) is 84.0 Å². The Bertz CT molecular complexity index is 6000. The van der Waals surface area contributed by atoms with Gasteiger partial charge >= 0.3 is 29.3 Å². The van der Waals surface area contributed by atoms with E-state index in [4.69, 9.17) is 30.8 Å². The number of ether oxygens (including phenoxy) is 2. The number of benzene rings is 3. The number of carbonyl (C=O) groups excluding carboxylic acids is 11. The number of amides is 7. The second-order valence-electron chi connectivity index (χ2n) is 33.1. The molecule has 19 N–H and O–H groups in total. The van der Waals surface area contributed by atoms with Crippen molar-refractivity contribution in [3.8, 4) is 0 Å². The van der Waals surface area contributed by atoms with Crippen molar-refractivity contribution in [2.24, 2.45) is 11.7 Å². The topological polar surface area (TPSA) is 734 Å². The number of Topliss-reactive ketones (excluding diaryl/α,β-unsaturated/α-hetero) is 2. The number of nitrogens with one attached hydrogen (secondary N) is 9. The number of nitrogens with zero attached hydrogens (tertiary/aromatic N) is 6. The zero-order valence-electron chi connectivity index (χ0n) is 74.5. The van der Waals surface area contributed by atoms with E-state index < -0.39 is 227 Å². The molecule has 3 aromatic heterocycles. The van der Waals surface area contributed by atoms with Crippen LogP contribution in [0.25, 0.3) is 28.2 Å². The molecule has 8 rings (SSSR count). The van der Waals surface area contributed by atoms with E-state index in [9.17, 15) is 126 Å². The number of carboxylic acids is 3. The van der Waals surface area contributed by atoms with Gasteiger partial charge in [0.1, 0.15) is 49.2 Å². The normalized spacial score (nSPS) is 16.1. The van der Waals surface area contributed by atoms with Crippen molar-refractivity contribution in [1.29, 1.82) is 5.41 Å². The lowest BCUT2D eigenvalue weighted by molar-refractivity contribution is -0.144. The van der Waals surface area contributed by atoms with Gasteiger partial charge in [0.2, 0.25) is 41.4 Å². The van der Waals surface area contributed by atoms with Gasteiger partial charge in [-0.3, -0.25) is 91.3 Å². The smallest absolute Gasteiger partial charge is 0.363 e. The maximum Gasteiger partial charge on any atom is 0.363 e. The average Bonchev–Trinajstić information content (AvgIpc) is 1.57. The van der Waals surface area contributed by atoms with Crippen molar-refractivity contribution >= 4 is 183 Å². The van der Waals surface area contributed by atoms with E-state index in [-0.39, 0.29) is 125 Å². The monoisotopic (exact) mass is 1970 g/mol. The van der Waals surface area contributed by atoms with Crippen molar-refractivity contribution < 1.29 is 135 Å². The summed E-state index contributed by atoms with van der Waals surface area (Å²) in [6.45, 7) is 7.96. The summed E-state index contributed by atoms with van der Waals surface area (Å²) in [5.74, 6) is -17.5. The molecule has 8 unspecified atom stereocenters. The number of aromatic amines is 1. The Hall–Kier alpha value is -13.5. The van der Waals surface area contributed by atoms with Crippen LogP contribution in [-0.4, -0.2) is 267 Å². The predicted molar refractivity (Wildman–Crippen MR) is 491 cm³/mol. The lowest BCUT2D eigenvalue weighted by Gasteiger charge is -2.30. The lowest BCUT2D eigenvalue weighted by Crippen LogP contribution is -2.58. The molecule has 0 spiro atoms. The molecule has 3 aromatic carbocycles. The van der Waals surface area contributed by atoms with Crippen LogP contribution in [0, 0.1) is 11.3 Å². The number of likely N-dealkylation sites (tertiary alicyclic amines) is 1. The fourth-order valence-corrected chi connectivity index (χ4v) is 17.8.